The summed E-state index contributed by atoms with van der Waals surface area (Å²) < 4.78 is 6.39. The molecule has 7 nitrogen and oxygen atoms in total. The molecular weight excluding hydrogens is 356 g/mol. The molecule has 138 valence electrons. The van der Waals surface area contributed by atoms with Gasteiger partial charge in [-0.25, -0.2) is 15.1 Å². The van der Waals surface area contributed by atoms with Gasteiger partial charge in [-0.1, -0.05) is 24.3 Å². The first-order chi connectivity index (χ1) is 13.7. The summed E-state index contributed by atoms with van der Waals surface area (Å²) in [6.45, 7) is 0. The van der Waals surface area contributed by atoms with Crippen LogP contribution in [0.15, 0.2) is 77.7 Å². The van der Waals surface area contributed by atoms with Crippen LogP contribution in [0.2, 0.25) is 0 Å². The highest BCUT2D eigenvalue weighted by molar-refractivity contribution is 6.10. The van der Waals surface area contributed by atoms with Crippen molar-refractivity contribution in [2.45, 2.75) is 0 Å². The zero-order valence-electron chi connectivity index (χ0n) is 15.0. The minimum absolute atomic E-state index is 0.156. The van der Waals surface area contributed by atoms with Gasteiger partial charge < -0.3 is 4.74 Å². The topological polar surface area (TPSA) is 87.4 Å². The van der Waals surface area contributed by atoms with E-state index < -0.39 is 5.91 Å². The third-order valence-corrected chi connectivity index (χ3v) is 4.29. The standard InChI is InChI=1S/C21H16N4O3/c1-28-15-11-9-14(10-12-15)25-21(27)17-7-3-2-6-16(17)19(24-25)20(26)23-18-8-4-5-13-22-18/h2-13H,1H3,(H,22,23,26)/p+1. The first kappa shape index (κ1) is 17.4. The lowest BCUT2D eigenvalue weighted by atomic mass is 10.1. The number of ether oxygens (including phenoxy) is 1. The number of hydrogen-bond donors (Lipinski definition) is 1. The van der Waals surface area contributed by atoms with Crippen LogP contribution in [0.5, 0.6) is 5.75 Å². The second-order valence-electron chi connectivity index (χ2n) is 6.04. The maximum Gasteiger partial charge on any atom is 0.360 e. The number of anilines is 1. The number of rotatable bonds is 4. The van der Waals surface area contributed by atoms with Gasteiger partial charge in [0.15, 0.2) is 5.69 Å². The van der Waals surface area contributed by atoms with Gasteiger partial charge in [0.1, 0.15) is 5.75 Å². The molecule has 0 radical (unpaired) electrons. The molecule has 0 aliphatic carbocycles. The van der Waals surface area contributed by atoms with E-state index in [-0.39, 0.29) is 11.3 Å². The lowest BCUT2D eigenvalue weighted by Gasteiger charge is -2.10. The number of carbonyl (C=O) groups is 1. The second-order valence-corrected chi connectivity index (χ2v) is 6.04. The Morgan fingerprint density at radius 2 is 1.71 bits per heavy atom. The number of hydrogen-bond acceptors (Lipinski definition) is 4. The van der Waals surface area contributed by atoms with Gasteiger partial charge in [-0.05, 0) is 36.4 Å². The Labute approximate surface area is 160 Å². The molecule has 4 aromatic rings. The summed E-state index contributed by atoms with van der Waals surface area (Å²) >= 11 is 0. The van der Waals surface area contributed by atoms with Gasteiger partial charge in [-0.3, -0.25) is 4.79 Å². The van der Waals surface area contributed by atoms with Crippen molar-refractivity contribution in [1.82, 2.24) is 9.78 Å². The predicted molar refractivity (Wildman–Crippen MR) is 105 cm³/mol. The number of nitrogens with one attached hydrogen (secondary N) is 2. The first-order valence-corrected chi connectivity index (χ1v) is 8.62. The highest BCUT2D eigenvalue weighted by Gasteiger charge is 2.21. The fourth-order valence-corrected chi connectivity index (χ4v) is 2.91. The zero-order chi connectivity index (χ0) is 19.5. The summed E-state index contributed by atoms with van der Waals surface area (Å²) in [6.07, 6.45) is 1.71. The number of benzene rings is 2. The van der Waals surface area contributed by atoms with E-state index in [0.29, 0.717) is 28.0 Å². The van der Waals surface area contributed by atoms with Crippen molar-refractivity contribution in [3.05, 3.63) is 89.0 Å². The smallest absolute Gasteiger partial charge is 0.360 e. The third kappa shape index (κ3) is 3.21. The van der Waals surface area contributed by atoms with Gasteiger partial charge in [0.05, 0.1) is 24.4 Å². The van der Waals surface area contributed by atoms with Gasteiger partial charge in [-0.15, -0.1) is 0 Å². The summed E-state index contributed by atoms with van der Waals surface area (Å²) in [4.78, 5) is 28.8. The van der Waals surface area contributed by atoms with Crippen molar-refractivity contribution in [2.24, 2.45) is 0 Å². The average molecular weight is 373 g/mol. The van der Waals surface area contributed by atoms with Crippen molar-refractivity contribution in [3.63, 3.8) is 0 Å². The van der Waals surface area contributed by atoms with Gasteiger partial charge in [0, 0.05) is 11.5 Å². The van der Waals surface area contributed by atoms with Gasteiger partial charge >= 0.3 is 5.91 Å². The number of aromatic nitrogens is 3. The van der Waals surface area contributed by atoms with Crippen LogP contribution in [0.1, 0.15) is 10.5 Å². The third-order valence-electron chi connectivity index (χ3n) is 4.29. The van der Waals surface area contributed by atoms with Crippen molar-refractivity contribution >= 4 is 22.5 Å². The molecule has 7 heteroatoms. The van der Waals surface area contributed by atoms with Gasteiger partial charge in [0.25, 0.3) is 11.4 Å². The van der Waals surface area contributed by atoms with Crippen LogP contribution in [0.4, 0.5) is 5.82 Å². The number of amides is 1. The lowest BCUT2D eigenvalue weighted by Crippen LogP contribution is -2.27. The first-order valence-electron chi connectivity index (χ1n) is 8.62. The number of pyridine rings is 1. The van der Waals surface area contributed by atoms with Gasteiger partial charge in [0.2, 0.25) is 0 Å². The Kier molecular flexibility index (Phi) is 4.55. The number of fused-ring (bicyclic) bond motifs is 1. The molecule has 2 heterocycles. The Morgan fingerprint density at radius 3 is 2.39 bits per heavy atom. The molecule has 0 aliphatic rings. The molecule has 2 N–H and O–H groups in total. The van der Waals surface area contributed by atoms with Crippen LogP contribution < -0.4 is 20.6 Å². The van der Waals surface area contributed by atoms with Crippen LogP contribution in [0, 0.1) is 0 Å². The van der Waals surface area contributed by atoms with Crippen molar-refractivity contribution in [1.29, 1.82) is 0 Å². The number of aromatic amines is 1. The monoisotopic (exact) mass is 373 g/mol. The highest BCUT2D eigenvalue weighted by atomic mass is 16.5. The summed E-state index contributed by atoms with van der Waals surface area (Å²) in [7, 11) is 1.57. The van der Waals surface area contributed by atoms with Gasteiger partial charge in [-0.2, -0.15) is 9.78 Å². The van der Waals surface area contributed by atoms with Crippen LogP contribution in [-0.2, 0) is 0 Å². The fraction of sp³-hybridized carbons (Fsp3) is 0.0476. The quantitative estimate of drug-likeness (QED) is 0.595. The van der Waals surface area contributed by atoms with E-state index in [1.54, 1.807) is 74.0 Å². The summed E-state index contributed by atoms with van der Waals surface area (Å²) in [5.74, 6) is 0.775. The maximum absolute atomic E-state index is 12.9. The Balaban J connectivity index is 1.86. The second kappa shape index (κ2) is 7.32. The maximum atomic E-state index is 12.9. The van der Waals surface area contributed by atoms with Crippen molar-refractivity contribution in [3.8, 4) is 11.4 Å². The Bertz CT molecular complexity index is 1200. The van der Waals surface area contributed by atoms with E-state index in [0.717, 1.165) is 0 Å². The van der Waals surface area contributed by atoms with Crippen LogP contribution in [0.3, 0.4) is 0 Å². The van der Waals surface area contributed by atoms with E-state index in [2.05, 4.69) is 15.4 Å². The number of methoxy groups -OCH3 is 1. The summed E-state index contributed by atoms with van der Waals surface area (Å²) in [6, 6.07) is 19.2. The fourth-order valence-electron chi connectivity index (χ4n) is 2.91. The van der Waals surface area contributed by atoms with E-state index in [1.807, 2.05) is 6.07 Å². The molecule has 1 amide bonds. The molecule has 0 fully saturated rings. The molecule has 0 saturated heterocycles. The molecule has 2 aromatic carbocycles. The number of H-pyrrole nitrogens is 1. The van der Waals surface area contributed by atoms with Crippen molar-refractivity contribution < 1.29 is 14.5 Å². The molecule has 0 unspecified atom stereocenters. The molecule has 0 saturated carbocycles. The minimum atomic E-state index is -0.416. The van der Waals surface area contributed by atoms with E-state index in [9.17, 15) is 9.59 Å². The van der Waals surface area contributed by atoms with Crippen LogP contribution >= 0.6 is 0 Å². The normalized spacial score (nSPS) is 10.6. The number of nitrogens with zero attached hydrogens (tertiary/aromatic N) is 2. The predicted octanol–water partition coefficient (Wildman–Crippen LogP) is 2.46. The summed E-state index contributed by atoms with van der Waals surface area (Å²) in [5, 5.41) is 8.04. The lowest BCUT2D eigenvalue weighted by molar-refractivity contribution is -0.360. The molecule has 4 rings (SSSR count). The molecule has 0 spiro atoms. The zero-order valence-corrected chi connectivity index (χ0v) is 15.0. The molecule has 0 bridgehead atoms. The average Bonchev–Trinajstić information content (AvgIpc) is 2.75. The molecule has 0 atom stereocenters. The van der Waals surface area contributed by atoms with E-state index in [1.165, 1.54) is 4.68 Å². The largest absolute Gasteiger partial charge is 0.497 e. The Morgan fingerprint density at radius 1 is 1.00 bits per heavy atom. The van der Waals surface area contributed by atoms with Crippen LogP contribution in [-0.4, -0.2) is 22.8 Å². The molecular formula is C21H17N4O3+. The van der Waals surface area contributed by atoms with E-state index in [4.69, 9.17) is 4.74 Å². The molecule has 2 aromatic heterocycles. The molecule has 28 heavy (non-hydrogen) atoms. The highest BCUT2D eigenvalue weighted by Crippen LogP contribution is 2.18. The SMILES string of the molecule is COc1ccc(-n2nc(C(=O)Nc3cccc[nH+]3)c3ccccc3c2=O)cc1. The van der Waals surface area contributed by atoms with Crippen molar-refractivity contribution in [2.75, 3.05) is 12.4 Å². The minimum Gasteiger partial charge on any atom is -0.497 e. The van der Waals surface area contributed by atoms with E-state index >= 15 is 0 Å². The Hall–Kier alpha value is -4.00. The number of carbonyl (C=O) groups excluding carboxylic acids is 1. The molecule has 0 aliphatic heterocycles. The summed E-state index contributed by atoms with van der Waals surface area (Å²) in [5.41, 5.74) is 0.392. The van der Waals surface area contributed by atoms with Crippen LogP contribution in [0.25, 0.3) is 16.5 Å².